The highest BCUT2D eigenvalue weighted by Crippen LogP contribution is 2.29. The van der Waals surface area contributed by atoms with Gasteiger partial charge in [0.05, 0.1) is 5.56 Å². The Morgan fingerprint density at radius 3 is 2.76 bits per heavy atom. The van der Waals surface area contributed by atoms with Crippen LogP contribution in [0.15, 0.2) is 18.3 Å². The first-order valence-electron chi connectivity index (χ1n) is 7.03. The summed E-state index contributed by atoms with van der Waals surface area (Å²) in [7, 11) is 0. The molecule has 0 spiro atoms. The van der Waals surface area contributed by atoms with Gasteiger partial charge in [0.15, 0.2) is 0 Å². The summed E-state index contributed by atoms with van der Waals surface area (Å²) in [5.41, 5.74) is -0.818. The van der Waals surface area contributed by atoms with E-state index in [-0.39, 0.29) is 17.5 Å². The van der Waals surface area contributed by atoms with Crippen LogP contribution in [-0.2, 0) is 6.18 Å². The van der Waals surface area contributed by atoms with E-state index >= 15 is 0 Å². The predicted molar refractivity (Wildman–Crippen MR) is 69.7 cm³/mol. The van der Waals surface area contributed by atoms with Crippen LogP contribution < -0.4 is 5.32 Å². The van der Waals surface area contributed by atoms with Gasteiger partial charge >= 0.3 is 6.18 Å². The fraction of sp³-hybridized carbons (Fsp3) is 0.571. The van der Waals surface area contributed by atoms with Crippen LogP contribution in [0.4, 0.5) is 13.2 Å². The zero-order valence-electron chi connectivity index (χ0n) is 11.4. The molecule has 2 fully saturated rings. The number of nitrogens with one attached hydrogen (secondary N) is 1. The van der Waals surface area contributed by atoms with Crippen molar-refractivity contribution in [1.29, 1.82) is 0 Å². The van der Waals surface area contributed by atoms with E-state index in [0.717, 1.165) is 44.6 Å². The van der Waals surface area contributed by atoms with Gasteiger partial charge < -0.3 is 5.32 Å². The van der Waals surface area contributed by atoms with Crippen LogP contribution in [0.2, 0.25) is 0 Å². The quantitative estimate of drug-likeness (QED) is 0.909. The summed E-state index contributed by atoms with van der Waals surface area (Å²) >= 11 is 0. The molecule has 1 amide bonds. The zero-order chi connectivity index (χ0) is 15.0. The van der Waals surface area contributed by atoms with Crippen molar-refractivity contribution in [2.75, 3.05) is 13.1 Å². The first-order valence-corrected chi connectivity index (χ1v) is 7.03. The van der Waals surface area contributed by atoms with Gasteiger partial charge in [-0.25, -0.2) is 0 Å². The Balaban J connectivity index is 1.65. The second-order valence-corrected chi connectivity index (χ2v) is 5.54. The van der Waals surface area contributed by atoms with Gasteiger partial charge in [-0.2, -0.15) is 13.2 Å². The number of hydrogen-bond acceptors (Lipinski definition) is 3. The third kappa shape index (κ3) is 2.88. The van der Waals surface area contributed by atoms with Gasteiger partial charge in [0.1, 0.15) is 5.69 Å². The first kappa shape index (κ1) is 14.3. The van der Waals surface area contributed by atoms with E-state index < -0.39 is 11.9 Å². The molecule has 1 N–H and O–H groups in total. The summed E-state index contributed by atoms with van der Waals surface area (Å²) < 4.78 is 37.3. The van der Waals surface area contributed by atoms with Gasteiger partial charge in [0.25, 0.3) is 5.91 Å². The molecule has 0 aromatic carbocycles. The van der Waals surface area contributed by atoms with Crippen molar-refractivity contribution >= 4 is 5.91 Å². The van der Waals surface area contributed by atoms with Crippen molar-refractivity contribution in [2.24, 2.45) is 0 Å². The second-order valence-electron chi connectivity index (χ2n) is 5.54. The van der Waals surface area contributed by atoms with Gasteiger partial charge in [0, 0.05) is 24.8 Å². The summed E-state index contributed by atoms with van der Waals surface area (Å²) in [6.07, 6.45) is -0.399. The number of carbonyl (C=O) groups is 1. The van der Waals surface area contributed by atoms with Crippen molar-refractivity contribution in [3.8, 4) is 0 Å². The molecule has 0 saturated carbocycles. The Hall–Kier alpha value is -1.63. The maximum absolute atomic E-state index is 12.4. The molecule has 3 heterocycles. The van der Waals surface area contributed by atoms with E-state index in [1.54, 1.807) is 0 Å². The van der Waals surface area contributed by atoms with Crippen LogP contribution >= 0.6 is 0 Å². The number of amides is 1. The molecule has 114 valence electrons. The Morgan fingerprint density at radius 2 is 2.10 bits per heavy atom. The van der Waals surface area contributed by atoms with E-state index in [1.165, 1.54) is 6.07 Å². The van der Waals surface area contributed by atoms with Gasteiger partial charge in [-0.3, -0.25) is 14.7 Å². The summed E-state index contributed by atoms with van der Waals surface area (Å²) in [6.45, 7) is 2.04. The minimum Gasteiger partial charge on any atom is -0.348 e. The molecule has 0 aliphatic carbocycles. The smallest absolute Gasteiger partial charge is 0.348 e. The maximum atomic E-state index is 12.4. The Bertz CT molecular complexity index is 529. The van der Waals surface area contributed by atoms with Gasteiger partial charge in [-0.1, -0.05) is 0 Å². The number of halogens is 3. The fourth-order valence-electron chi connectivity index (χ4n) is 3.20. The lowest BCUT2D eigenvalue weighted by atomic mass is 10.1. The molecule has 1 aromatic heterocycles. The fourth-order valence-corrected chi connectivity index (χ4v) is 3.20. The van der Waals surface area contributed by atoms with E-state index in [2.05, 4.69) is 15.2 Å². The largest absolute Gasteiger partial charge is 0.433 e. The summed E-state index contributed by atoms with van der Waals surface area (Å²) in [6, 6.07) is 2.47. The van der Waals surface area contributed by atoms with Crippen LogP contribution in [-0.4, -0.2) is 41.0 Å². The average Bonchev–Trinajstić information content (AvgIpc) is 3.03. The highest BCUT2D eigenvalue weighted by Gasteiger charge is 2.38. The van der Waals surface area contributed by atoms with Gasteiger partial charge in [-0.05, 0) is 37.9 Å². The van der Waals surface area contributed by atoms with Crippen LogP contribution in [0.25, 0.3) is 0 Å². The highest BCUT2D eigenvalue weighted by atomic mass is 19.4. The minimum atomic E-state index is -4.48. The number of fused-ring (bicyclic) bond motifs is 1. The summed E-state index contributed by atoms with van der Waals surface area (Å²) in [5.74, 6) is -0.352. The lowest BCUT2D eigenvalue weighted by Crippen LogP contribution is -2.42. The Kier molecular flexibility index (Phi) is 3.61. The Morgan fingerprint density at radius 1 is 1.29 bits per heavy atom. The monoisotopic (exact) mass is 299 g/mol. The molecule has 4 nitrogen and oxygen atoms in total. The topological polar surface area (TPSA) is 45.2 Å². The number of pyridine rings is 1. The molecular weight excluding hydrogens is 283 g/mol. The average molecular weight is 299 g/mol. The van der Waals surface area contributed by atoms with Gasteiger partial charge in [0.2, 0.25) is 0 Å². The molecule has 2 aliphatic rings. The first-order chi connectivity index (χ1) is 9.95. The number of hydrogen-bond donors (Lipinski definition) is 1. The number of rotatable bonds is 2. The lowest BCUT2D eigenvalue weighted by molar-refractivity contribution is -0.141. The number of nitrogens with zero attached hydrogens (tertiary/aromatic N) is 2. The van der Waals surface area contributed by atoms with Crippen molar-refractivity contribution in [3.63, 3.8) is 0 Å². The Labute approximate surface area is 120 Å². The van der Waals surface area contributed by atoms with E-state index in [1.807, 2.05) is 0 Å². The molecule has 0 radical (unpaired) electrons. The maximum Gasteiger partial charge on any atom is 0.433 e. The van der Waals surface area contributed by atoms with E-state index in [4.69, 9.17) is 0 Å². The molecule has 0 unspecified atom stereocenters. The molecule has 21 heavy (non-hydrogen) atoms. The second kappa shape index (κ2) is 5.29. The number of aromatic nitrogens is 1. The molecule has 7 heteroatoms. The van der Waals surface area contributed by atoms with Crippen LogP contribution in [0.3, 0.4) is 0 Å². The molecule has 2 saturated heterocycles. The van der Waals surface area contributed by atoms with Crippen LogP contribution in [0, 0.1) is 0 Å². The van der Waals surface area contributed by atoms with Crippen molar-refractivity contribution < 1.29 is 18.0 Å². The number of alkyl halides is 3. The van der Waals surface area contributed by atoms with Crippen molar-refractivity contribution in [1.82, 2.24) is 15.2 Å². The van der Waals surface area contributed by atoms with Gasteiger partial charge in [-0.15, -0.1) is 0 Å². The molecule has 2 atom stereocenters. The molecule has 1 aromatic rings. The molecule has 0 bridgehead atoms. The summed E-state index contributed by atoms with van der Waals surface area (Å²) in [5, 5.41) is 2.92. The van der Waals surface area contributed by atoms with E-state index in [0.29, 0.717) is 6.04 Å². The third-order valence-corrected chi connectivity index (χ3v) is 4.24. The van der Waals surface area contributed by atoms with Crippen molar-refractivity contribution in [2.45, 2.75) is 37.5 Å². The van der Waals surface area contributed by atoms with E-state index in [9.17, 15) is 18.0 Å². The highest BCUT2D eigenvalue weighted by molar-refractivity contribution is 5.94. The minimum absolute atomic E-state index is 0.0855. The van der Waals surface area contributed by atoms with Crippen LogP contribution in [0.1, 0.15) is 35.3 Å². The zero-order valence-corrected chi connectivity index (χ0v) is 11.4. The molecular formula is C14H16F3N3O. The number of carbonyl (C=O) groups excluding carboxylic acids is 1. The van der Waals surface area contributed by atoms with Crippen molar-refractivity contribution in [3.05, 3.63) is 29.6 Å². The lowest BCUT2D eigenvalue weighted by Gasteiger charge is -2.21. The third-order valence-electron chi connectivity index (χ3n) is 4.24. The SMILES string of the molecule is O=C(N[C@@H]1CCN2CCC[C@@H]12)c1ccc(C(F)(F)F)nc1. The molecule has 3 rings (SSSR count). The molecule has 2 aliphatic heterocycles. The normalized spacial score (nSPS) is 25.9. The standard InChI is InChI=1S/C14H16F3N3O/c15-14(16,17)12-4-3-9(8-18-12)13(21)19-10-5-7-20-6-1-2-11(10)20/h3-4,8,10-11H,1-2,5-7H2,(H,19,21)/t10-,11+/m1/s1. The van der Waals surface area contributed by atoms with Crippen LogP contribution in [0.5, 0.6) is 0 Å². The summed E-state index contributed by atoms with van der Waals surface area (Å²) in [4.78, 5) is 17.8. The predicted octanol–water partition coefficient (Wildman–Crippen LogP) is 2.07.